The van der Waals surface area contributed by atoms with Crippen LogP contribution in [0.1, 0.15) is 11.5 Å². The molecule has 0 unspecified atom stereocenters. The molecule has 0 aromatic carbocycles. The molecule has 1 saturated heterocycles. The Morgan fingerprint density at radius 3 is 2.40 bits per heavy atom. The first-order valence-electron chi connectivity index (χ1n) is 6.40. The summed E-state index contributed by atoms with van der Waals surface area (Å²) in [7, 11) is 0. The lowest BCUT2D eigenvalue weighted by atomic mass is 10.2. The average molecular weight is 290 g/mol. The van der Waals surface area contributed by atoms with Crippen molar-refractivity contribution in [3.8, 4) is 0 Å². The molecule has 1 aromatic heterocycles. The minimum Gasteiger partial charge on any atom is -0.311 e. The maximum atomic E-state index is 12.3. The molecule has 5 nitrogen and oxygen atoms in total. The van der Waals surface area contributed by atoms with E-state index in [0.29, 0.717) is 44.2 Å². The molecule has 0 aliphatic carbocycles. The fourth-order valence-electron chi connectivity index (χ4n) is 2.31. The molecular formula is C12H17F3N4O. The zero-order valence-electron chi connectivity index (χ0n) is 11.2. The van der Waals surface area contributed by atoms with Gasteiger partial charge in [-0.05, 0) is 6.92 Å². The summed E-state index contributed by atoms with van der Waals surface area (Å²) in [6, 6.07) is 1.43. The van der Waals surface area contributed by atoms with Gasteiger partial charge in [-0.15, -0.1) is 0 Å². The average Bonchev–Trinajstić information content (AvgIpc) is 2.28. The standard InChI is InChI=1S/C12H17F3N4O/c1-9-16-10(6-11(20)17-9)7-18-2-4-19(5-3-18)8-12(13,14)15/h6H,2-5,7-8H2,1H3,(H,16,17,20). The Balaban J connectivity index is 1.87. The minimum atomic E-state index is -4.15. The van der Waals surface area contributed by atoms with Crippen LogP contribution in [0.4, 0.5) is 13.2 Å². The molecule has 0 spiro atoms. The van der Waals surface area contributed by atoms with Crippen molar-refractivity contribution in [3.05, 3.63) is 27.9 Å². The molecule has 112 valence electrons. The summed E-state index contributed by atoms with van der Waals surface area (Å²) >= 11 is 0. The van der Waals surface area contributed by atoms with Crippen molar-refractivity contribution >= 4 is 0 Å². The Labute approximate surface area is 114 Å². The second kappa shape index (κ2) is 5.92. The lowest BCUT2D eigenvalue weighted by Gasteiger charge is -2.34. The van der Waals surface area contributed by atoms with Crippen LogP contribution >= 0.6 is 0 Å². The molecule has 1 fully saturated rings. The van der Waals surface area contributed by atoms with Gasteiger partial charge in [-0.2, -0.15) is 13.2 Å². The predicted octanol–water partition coefficient (Wildman–Crippen LogP) is 0.758. The number of aryl methyl sites for hydroxylation is 1. The third-order valence-corrected chi connectivity index (χ3v) is 3.17. The topological polar surface area (TPSA) is 52.2 Å². The number of H-pyrrole nitrogens is 1. The van der Waals surface area contributed by atoms with Gasteiger partial charge in [0.25, 0.3) is 5.56 Å². The first-order valence-corrected chi connectivity index (χ1v) is 6.40. The second-order valence-corrected chi connectivity index (χ2v) is 4.99. The zero-order valence-corrected chi connectivity index (χ0v) is 11.2. The van der Waals surface area contributed by atoms with Gasteiger partial charge >= 0.3 is 6.18 Å². The molecule has 0 bridgehead atoms. The molecule has 8 heteroatoms. The Morgan fingerprint density at radius 2 is 1.85 bits per heavy atom. The van der Waals surface area contributed by atoms with Gasteiger partial charge in [0.05, 0.1) is 12.2 Å². The Bertz CT molecular complexity index is 506. The van der Waals surface area contributed by atoms with Crippen molar-refractivity contribution in [2.45, 2.75) is 19.6 Å². The molecule has 1 aliphatic heterocycles. The molecule has 2 heterocycles. The summed E-state index contributed by atoms with van der Waals surface area (Å²) in [5.74, 6) is 0.545. The summed E-state index contributed by atoms with van der Waals surface area (Å²) in [6.07, 6.45) is -4.15. The number of alkyl halides is 3. The highest BCUT2D eigenvalue weighted by Crippen LogP contribution is 2.17. The van der Waals surface area contributed by atoms with Crippen molar-refractivity contribution in [2.24, 2.45) is 0 Å². The van der Waals surface area contributed by atoms with Crippen LogP contribution in [-0.2, 0) is 6.54 Å². The zero-order chi connectivity index (χ0) is 14.8. The number of halogens is 3. The van der Waals surface area contributed by atoms with Crippen molar-refractivity contribution in [1.82, 2.24) is 19.8 Å². The lowest BCUT2D eigenvalue weighted by Crippen LogP contribution is -2.48. The van der Waals surface area contributed by atoms with Crippen molar-refractivity contribution in [2.75, 3.05) is 32.7 Å². The van der Waals surface area contributed by atoms with Crippen molar-refractivity contribution in [1.29, 1.82) is 0 Å². The van der Waals surface area contributed by atoms with Crippen molar-refractivity contribution < 1.29 is 13.2 Å². The molecule has 0 amide bonds. The van der Waals surface area contributed by atoms with Crippen LogP contribution in [0.3, 0.4) is 0 Å². The number of rotatable bonds is 3. The van der Waals surface area contributed by atoms with Crippen LogP contribution in [0.25, 0.3) is 0 Å². The molecule has 1 aliphatic rings. The van der Waals surface area contributed by atoms with Crippen LogP contribution in [0.5, 0.6) is 0 Å². The highest BCUT2D eigenvalue weighted by Gasteiger charge is 2.32. The van der Waals surface area contributed by atoms with Gasteiger partial charge in [0.15, 0.2) is 0 Å². The van der Waals surface area contributed by atoms with Crippen LogP contribution in [-0.4, -0.2) is 58.7 Å². The number of piperazine rings is 1. The minimum absolute atomic E-state index is 0.205. The van der Waals surface area contributed by atoms with E-state index in [-0.39, 0.29) is 5.56 Å². The summed E-state index contributed by atoms with van der Waals surface area (Å²) in [5.41, 5.74) is 0.443. The number of hydrogen-bond acceptors (Lipinski definition) is 4. The van der Waals surface area contributed by atoms with E-state index in [9.17, 15) is 18.0 Å². The number of hydrogen-bond donors (Lipinski definition) is 1. The fraction of sp³-hybridized carbons (Fsp3) is 0.667. The molecule has 2 rings (SSSR count). The Morgan fingerprint density at radius 1 is 1.25 bits per heavy atom. The number of nitrogens with zero attached hydrogens (tertiary/aromatic N) is 3. The van der Waals surface area contributed by atoms with Gasteiger partial charge in [-0.25, -0.2) is 4.98 Å². The van der Waals surface area contributed by atoms with E-state index in [1.54, 1.807) is 6.92 Å². The number of nitrogens with one attached hydrogen (secondary N) is 1. The second-order valence-electron chi connectivity index (χ2n) is 4.99. The molecule has 0 radical (unpaired) electrons. The van der Waals surface area contributed by atoms with Gasteiger partial charge in [-0.3, -0.25) is 14.6 Å². The first kappa shape index (κ1) is 15.0. The largest absolute Gasteiger partial charge is 0.401 e. The normalized spacial score (nSPS) is 18.4. The van der Waals surface area contributed by atoms with Gasteiger partial charge in [0.1, 0.15) is 5.82 Å². The van der Waals surface area contributed by atoms with Gasteiger partial charge in [-0.1, -0.05) is 0 Å². The van der Waals surface area contributed by atoms with E-state index in [2.05, 4.69) is 9.97 Å². The molecule has 0 saturated carbocycles. The maximum Gasteiger partial charge on any atom is 0.401 e. The summed E-state index contributed by atoms with van der Waals surface area (Å²) in [6.45, 7) is 3.18. The van der Waals surface area contributed by atoms with E-state index in [4.69, 9.17) is 0 Å². The smallest absolute Gasteiger partial charge is 0.311 e. The van der Waals surface area contributed by atoms with Gasteiger partial charge in [0.2, 0.25) is 0 Å². The van der Waals surface area contributed by atoms with Gasteiger partial charge < -0.3 is 4.98 Å². The van der Waals surface area contributed by atoms with E-state index in [1.807, 2.05) is 4.90 Å². The highest BCUT2D eigenvalue weighted by molar-refractivity contribution is 5.02. The highest BCUT2D eigenvalue weighted by atomic mass is 19.4. The number of aromatic amines is 1. The Hall–Kier alpha value is -1.41. The molecule has 1 N–H and O–H groups in total. The summed E-state index contributed by atoms with van der Waals surface area (Å²) < 4.78 is 36.8. The Kier molecular flexibility index (Phi) is 4.44. The lowest BCUT2D eigenvalue weighted by molar-refractivity contribution is -0.149. The number of aromatic nitrogens is 2. The third-order valence-electron chi connectivity index (χ3n) is 3.17. The van der Waals surface area contributed by atoms with Crippen molar-refractivity contribution in [3.63, 3.8) is 0 Å². The monoisotopic (exact) mass is 290 g/mol. The molecule has 20 heavy (non-hydrogen) atoms. The van der Waals surface area contributed by atoms with E-state index in [1.165, 1.54) is 11.0 Å². The van der Waals surface area contributed by atoms with E-state index < -0.39 is 12.7 Å². The summed E-state index contributed by atoms with van der Waals surface area (Å²) in [4.78, 5) is 21.5. The molecular weight excluding hydrogens is 273 g/mol. The fourth-order valence-corrected chi connectivity index (χ4v) is 2.31. The van der Waals surface area contributed by atoms with Crippen LogP contribution in [0, 0.1) is 6.92 Å². The quantitative estimate of drug-likeness (QED) is 0.893. The summed E-state index contributed by atoms with van der Waals surface area (Å²) in [5, 5.41) is 0. The predicted molar refractivity (Wildman–Crippen MR) is 67.4 cm³/mol. The van der Waals surface area contributed by atoms with E-state index >= 15 is 0 Å². The molecule has 0 atom stereocenters. The van der Waals surface area contributed by atoms with E-state index in [0.717, 1.165) is 0 Å². The van der Waals surface area contributed by atoms with Crippen LogP contribution < -0.4 is 5.56 Å². The maximum absolute atomic E-state index is 12.3. The first-order chi connectivity index (χ1) is 9.32. The van der Waals surface area contributed by atoms with Crippen LogP contribution in [0.15, 0.2) is 10.9 Å². The van der Waals surface area contributed by atoms with Gasteiger partial charge in [0, 0.05) is 38.8 Å². The molecule has 1 aromatic rings. The SMILES string of the molecule is Cc1nc(CN2CCN(CC(F)(F)F)CC2)cc(=O)[nH]1. The van der Waals surface area contributed by atoms with Crippen LogP contribution in [0.2, 0.25) is 0 Å². The third kappa shape index (κ3) is 4.61.